The number of rotatable bonds is 3. The van der Waals surface area contributed by atoms with Crippen molar-refractivity contribution in [3.63, 3.8) is 0 Å². The number of carbonyl (C=O) groups is 1. The van der Waals surface area contributed by atoms with Gasteiger partial charge >= 0.3 is 0 Å². The van der Waals surface area contributed by atoms with Crippen molar-refractivity contribution in [1.82, 2.24) is 15.3 Å². The highest BCUT2D eigenvalue weighted by Gasteiger charge is 2.36. The van der Waals surface area contributed by atoms with Gasteiger partial charge in [-0.3, -0.25) is 4.79 Å². The van der Waals surface area contributed by atoms with Gasteiger partial charge in [0.2, 0.25) is 5.91 Å². The quantitative estimate of drug-likeness (QED) is 0.931. The van der Waals surface area contributed by atoms with Crippen molar-refractivity contribution in [2.45, 2.75) is 58.8 Å². The van der Waals surface area contributed by atoms with Crippen molar-refractivity contribution in [1.29, 1.82) is 0 Å². The highest BCUT2D eigenvalue weighted by Crippen LogP contribution is 2.41. The number of anilines is 1. The lowest BCUT2D eigenvalue weighted by atomic mass is 9.73. The summed E-state index contributed by atoms with van der Waals surface area (Å²) < 4.78 is 0. The van der Waals surface area contributed by atoms with Crippen LogP contribution >= 0.6 is 0 Å². The Morgan fingerprint density at radius 2 is 2.00 bits per heavy atom. The van der Waals surface area contributed by atoms with Gasteiger partial charge in [-0.15, -0.1) is 0 Å². The molecule has 1 spiro atoms. The van der Waals surface area contributed by atoms with Crippen molar-refractivity contribution in [3.8, 4) is 0 Å². The van der Waals surface area contributed by atoms with Crippen LogP contribution < -0.4 is 10.2 Å². The maximum Gasteiger partial charge on any atom is 0.220 e. The molecule has 0 bridgehead atoms. The summed E-state index contributed by atoms with van der Waals surface area (Å²) in [5.74, 6) is 2.18. The maximum absolute atomic E-state index is 11.6. The Balaban J connectivity index is 1.68. The van der Waals surface area contributed by atoms with Crippen molar-refractivity contribution in [2.75, 3.05) is 24.5 Å². The number of nitrogens with zero attached hydrogens (tertiary/aromatic N) is 3. The third-order valence-electron chi connectivity index (χ3n) is 5.39. The van der Waals surface area contributed by atoms with E-state index in [0.717, 1.165) is 75.5 Å². The smallest absolute Gasteiger partial charge is 0.220 e. The highest BCUT2D eigenvalue weighted by molar-refractivity contribution is 5.76. The molecular formula is C18H28N4O. The molecule has 5 heteroatoms. The van der Waals surface area contributed by atoms with E-state index in [0.29, 0.717) is 11.8 Å². The number of hydrogen-bond donors (Lipinski definition) is 1. The molecule has 0 atom stereocenters. The normalized spacial score (nSPS) is 21.1. The second-order valence-electron chi connectivity index (χ2n) is 7.10. The van der Waals surface area contributed by atoms with Crippen LogP contribution in [0.15, 0.2) is 6.07 Å². The van der Waals surface area contributed by atoms with Crippen molar-refractivity contribution < 1.29 is 4.79 Å². The van der Waals surface area contributed by atoms with Crippen LogP contribution in [0.2, 0.25) is 0 Å². The number of nitrogens with one attached hydrogen (secondary N) is 1. The molecule has 1 aromatic rings. The monoisotopic (exact) mass is 316 g/mol. The van der Waals surface area contributed by atoms with Crippen molar-refractivity contribution in [2.24, 2.45) is 5.41 Å². The first-order chi connectivity index (χ1) is 11.1. The number of aromatic nitrogens is 2. The van der Waals surface area contributed by atoms with E-state index in [9.17, 15) is 4.79 Å². The van der Waals surface area contributed by atoms with Gasteiger partial charge in [0.1, 0.15) is 11.6 Å². The predicted molar refractivity (Wildman–Crippen MR) is 91.5 cm³/mol. The zero-order valence-electron chi connectivity index (χ0n) is 14.4. The number of amides is 1. The summed E-state index contributed by atoms with van der Waals surface area (Å²) in [7, 11) is 0. The lowest BCUT2D eigenvalue weighted by molar-refractivity contribution is -0.120. The molecule has 0 aromatic carbocycles. The molecule has 1 N–H and O–H groups in total. The lowest BCUT2D eigenvalue weighted by Gasteiger charge is -2.41. The van der Waals surface area contributed by atoms with E-state index >= 15 is 0 Å². The molecular weight excluding hydrogens is 288 g/mol. The molecule has 5 nitrogen and oxygen atoms in total. The van der Waals surface area contributed by atoms with Gasteiger partial charge in [-0.05, 0) is 44.4 Å². The number of aryl methyl sites for hydroxylation is 2. The fourth-order valence-corrected chi connectivity index (χ4v) is 3.93. The van der Waals surface area contributed by atoms with E-state index in [1.807, 2.05) is 6.92 Å². The van der Waals surface area contributed by atoms with Gasteiger partial charge in [0.05, 0.1) is 0 Å². The van der Waals surface area contributed by atoms with E-state index in [-0.39, 0.29) is 5.91 Å². The third-order valence-corrected chi connectivity index (χ3v) is 5.39. The molecule has 3 heterocycles. The minimum absolute atomic E-state index is 0.222. The molecule has 2 aliphatic rings. The molecule has 0 saturated carbocycles. The first kappa shape index (κ1) is 16.2. The van der Waals surface area contributed by atoms with Gasteiger partial charge in [0.25, 0.3) is 0 Å². The molecule has 2 fully saturated rings. The minimum atomic E-state index is 0.222. The average molecular weight is 316 g/mol. The Kier molecular flexibility index (Phi) is 4.83. The first-order valence-electron chi connectivity index (χ1n) is 8.96. The molecule has 0 radical (unpaired) electrons. The summed E-state index contributed by atoms with van der Waals surface area (Å²) in [6.45, 7) is 7.08. The molecule has 1 aromatic heterocycles. The molecule has 23 heavy (non-hydrogen) atoms. The van der Waals surface area contributed by atoms with Crippen LogP contribution in [0.5, 0.6) is 0 Å². The summed E-state index contributed by atoms with van der Waals surface area (Å²) >= 11 is 0. The minimum Gasteiger partial charge on any atom is -0.356 e. The van der Waals surface area contributed by atoms with Gasteiger partial charge < -0.3 is 10.2 Å². The third kappa shape index (κ3) is 3.82. The standard InChI is InChI=1S/C18H28N4O/c1-3-4-15-13-16(21-14(2)20-15)22-11-8-18(9-12-22)6-5-17(23)19-10-7-18/h13H,3-12H2,1-2H3,(H,19,23). The first-order valence-corrected chi connectivity index (χ1v) is 8.96. The summed E-state index contributed by atoms with van der Waals surface area (Å²) in [4.78, 5) is 23.2. The lowest BCUT2D eigenvalue weighted by Crippen LogP contribution is -2.41. The Hall–Kier alpha value is -1.65. The molecule has 3 rings (SSSR count). The molecule has 0 unspecified atom stereocenters. The molecule has 2 aliphatic heterocycles. The van der Waals surface area contributed by atoms with Crippen LogP contribution in [-0.4, -0.2) is 35.5 Å². The number of hydrogen-bond acceptors (Lipinski definition) is 4. The van der Waals surface area contributed by atoms with Crippen LogP contribution in [0.1, 0.15) is 57.0 Å². The van der Waals surface area contributed by atoms with Gasteiger partial charge in [-0.25, -0.2) is 9.97 Å². The Bertz CT molecular complexity index is 564. The average Bonchev–Trinajstić information content (AvgIpc) is 2.70. The molecule has 1 amide bonds. The van der Waals surface area contributed by atoms with Crippen LogP contribution in [0.25, 0.3) is 0 Å². The Morgan fingerprint density at radius 1 is 1.22 bits per heavy atom. The summed E-state index contributed by atoms with van der Waals surface area (Å²) in [5, 5.41) is 3.01. The summed E-state index contributed by atoms with van der Waals surface area (Å²) in [6, 6.07) is 2.16. The highest BCUT2D eigenvalue weighted by atomic mass is 16.1. The fourth-order valence-electron chi connectivity index (χ4n) is 3.93. The molecule has 126 valence electrons. The predicted octanol–water partition coefficient (Wildman–Crippen LogP) is 2.62. The van der Waals surface area contributed by atoms with E-state index in [1.54, 1.807) is 0 Å². The number of carbonyl (C=O) groups excluding carboxylic acids is 1. The van der Waals surface area contributed by atoms with Gasteiger partial charge in [0.15, 0.2) is 0 Å². The molecule has 2 saturated heterocycles. The second-order valence-corrected chi connectivity index (χ2v) is 7.10. The van der Waals surface area contributed by atoms with Gasteiger partial charge in [0, 0.05) is 37.8 Å². The second kappa shape index (κ2) is 6.85. The van der Waals surface area contributed by atoms with Gasteiger partial charge in [-0.1, -0.05) is 13.3 Å². The van der Waals surface area contributed by atoms with E-state index in [2.05, 4.69) is 33.2 Å². The van der Waals surface area contributed by atoms with Gasteiger partial charge in [-0.2, -0.15) is 0 Å². The number of piperidine rings is 1. The summed E-state index contributed by atoms with van der Waals surface area (Å²) in [6.07, 6.45) is 7.30. The Morgan fingerprint density at radius 3 is 2.74 bits per heavy atom. The van der Waals surface area contributed by atoms with Crippen molar-refractivity contribution in [3.05, 3.63) is 17.6 Å². The van der Waals surface area contributed by atoms with E-state index in [1.165, 1.54) is 0 Å². The van der Waals surface area contributed by atoms with E-state index < -0.39 is 0 Å². The van der Waals surface area contributed by atoms with Crippen LogP contribution in [0, 0.1) is 12.3 Å². The fraction of sp³-hybridized carbons (Fsp3) is 0.722. The van der Waals surface area contributed by atoms with Crippen molar-refractivity contribution >= 4 is 11.7 Å². The topological polar surface area (TPSA) is 58.1 Å². The van der Waals surface area contributed by atoms with E-state index in [4.69, 9.17) is 0 Å². The SMILES string of the molecule is CCCc1cc(N2CCC3(CCNC(=O)CC3)CC2)nc(C)n1. The summed E-state index contributed by atoms with van der Waals surface area (Å²) in [5.41, 5.74) is 1.50. The molecule has 0 aliphatic carbocycles. The maximum atomic E-state index is 11.6. The largest absolute Gasteiger partial charge is 0.356 e. The zero-order valence-corrected chi connectivity index (χ0v) is 14.4. The Labute approximate surface area is 138 Å². The van der Waals surface area contributed by atoms with Crippen LogP contribution in [0.3, 0.4) is 0 Å². The van der Waals surface area contributed by atoms with Crippen LogP contribution in [-0.2, 0) is 11.2 Å². The van der Waals surface area contributed by atoms with Crippen LogP contribution in [0.4, 0.5) is 5.82 Å². The zero-order chi connectivity index (χ0) is 16.3.